The quantitative estimate of drug-likeness (QED) is 0.186. The van der Waals surface area contributed by atoms with Crippen molar-refractivity contribution < 1.29 is 9.15 Å². The minimum atomic E-state index is -2.78. The van der Waals surface area contributed by atoms with E-state index in [-0.39, 0.29) is 17.5 Å². The highest BCUT2D eigenvalue weighted by atomic mass is 28.3. The smallest absolute Gasteiger partial charge is 0.188 e. The van der Waals surface area contributed by atoms with Crippen LogP contribution in [0.15, 0.2) is 156 Å². The molecule has 10 rings (SSSR count). The predicted molar refractivity (Wildman–Crippen MR) is 199 cm³/mol. The highest BCUT2D eigenvalue weighted by molar-refractivity contribution is 7.20. The second-order valence-corrected chi connectivity index (χ2v) is 17.8. The summed E-state index contributed by atoms with van der Waals surface area (Å²) in [6.45, 7) is 4.81. The number of rotatable bonds is 3. The number of nitrogens with zero attached hydrogens (tertiary/aromatic N) is 1. The van der Waals surface area contributed by atoms with Gasteiger partial charge in [0.25, 0.3) is 0 Å². The molecule has 4 heteroatoms. The van der Waals surface area contributed by atoms with Gasteiger partial charge in [0, 0.05) is 28.0 Å². The molecule has 3 heterocycles. The van der Waals surface area contributed by atoms with Gasteiger partial charge in [-0.2, -0.15) is 0 Å². The van der Waals surface area contributed by atoms with E-state index in [4.69, 9.17) is 9.15 Å². The standard InChI is InChI=1S/C44H35NO2Si/c1-44(2)42(45-34-18-8-6-16-31(34)32-17-7-9-19-35(32)45)27-26-39-43(44)33-28-30(24-25-36(33)46-39)48(29-14-4-3-5-15-29)40-22-12-10-20-37(40)47-38-21-11-13-23-41(38)48/h3-28,31,34,42H,1-2H3. The van der Waals surface area contributed by atoms with Crippen LogP contribution in [0.2, 0.25) is 0 Å². The van der Waals surface area contributed by atoms with Crippen LogP contribution in [0.4, 0.5) is 5.69 Å². The summed E-state index contributed by atoms with van der Waals surface area (Å²) in [6.07, 6.45) is 13.8. The van der Waals surface area contributed by atoms with E-state index in [1.54, 1.807) is 0 Å². The first kappa shape index (κ1) is 27.8. The van der Waals surface area contributed by atoms with Gasteiger partial charge >= 0.3 is 0 Å². The molecule has 0 N–H and O–H groups in total. The Kier molecular flexibility index (Phi) is 5.83. The summed E-state index contributed by atoms with van der Waals surface area (Å²) >= 11 is 0. The maximum absolute atomic E-state index is 6.69. The monoisotopic (exact) mass is 637 g/mol. The van der Waals surface area contributed by atoms with Crippen molar-refractivity contribution in [2.45, 2.75) is 37.3 Å². The number of para-hydroxylation sites is 3. The molecule has 6 aromatic rings. The zero-order chi connectivity index (χ0) is 32.0. The Morgan fingerprint density at radius 3 is 2.15 bits per heavy atom. The third kappa shape index (κ3) is 3.64. The van der Waals surface area contributed by atoms with Gasteiger partial charge in [-0.25, -0.2) is 0 Å². The Balaban J connectivity index is 1.20. The van der Waals surface area contributed by atoms with E-state index in [0.29, 0.717) is 5.92 Å². The summed E-state index contributed by atoms with van der Waals surface area (Å²) < 4.78 is 13.3. The number of fused-ring (bicyclic) bond motifs is 8. The molecule has 0 spiro atoms. The average molecular weight is 638 g/mol. The van der Waals surface area contributed by atoms with E-state index >= 15 is 0 Å². The van der Waals surface area contributed by atoms with Gasteiger partial charge in [0.15, 0.2) is 8.07 Å². The molecule has 5 aromatic carbocycles. The van der Waals surface area contributed by atoms with Crippen molar-refractivity contribution >= 4 is 51.6 Å². The first-order valence-corrected chi connectivity index (χ1v) is 19.0. The zero-order valence-electron chi connectivity index (χ0n) is 27.0. The predicted octanol–water partition coefficient (Wildman–Crippen LogP) is 7.69. The minimum absolute atomic E-state index is 0.145. The zero-order valence-corrected chi connectivity index (χ0v) is 28.0. The summed E-state index contributed by atoms with van der Waals surface area (Å²) in [5.41, 5.74) is 4.72. The van der Waals surface area contributed by atoms with E-state index in [9.17, 15) is 0 Å². The molecule has 0 amide bonds. The van der Waals surface area contributed by atoms with Gasteiger partial charge in [-0.3, -0.25) is 0 Å². The van der Waals surface area contributed by atoms with E-state index in [1.165, 1.54) is 42.9 Å². The number of ether oxygens (including phenoxy) is 1. The first-order valence-electron chi connectivity index (χ1n) is 17.0. The van der Waals surface area contributed by atoms with Crippen molar-refractivity contribution in [2.24, 2.45) is 0 Å². The molecule has 4 aliphatic rings. The summed E-state index contributed by atoms with van der Waals surface area (Å²) in [7, 11) is -2.78. The van der Waals surface area contributed by atoms with Gasteiger partial charge in [-0.05, 0) is 56.7 Å². The lowest BCUT2D eigenvalue weighted by atomic mass is 9.72. The van der Waals surface area contributed by atoms with Crippen molar-refractivity contribution in [1.29, 1.82) is 0 Å². The molecule has 0 bridgehead atoms. The average Bonchev–Trinajstić information content (AvgIpc) is 3.67. The fourth-order valence-corrected chi connectivity index (χ4v) is 14.2. The maximum Gasteiger partial charge on any atom is 0.188 e. The Bertz CT molecular complexity index is 2300. The van der Waals surface area contributed by atoms with Crippen LogP contribution in [0.25, 0.3) is 17.0 Å². The molecule has 1 aromatic heterocycles. The van der Waals surface area contributed by atoms with Gasteiger partial charge in [0.1, 0.15) is 22.8 Å². The molecule has 48 heavy (non-hydrogen) atoms. The van der Waals surface area contributed by atoms with E-state index < -0.39 is 8.07 Å². The van der Waals surface area contributed by atoms with Crippen LogP contribution >= 0.6 is 0 Å². The van der Waals surface area contributed by atoms with Gasteiger partial charge < -0.3 is 14.1 Å². The number of anilines is 1. The summed E-state index contributed by atoms with van der Waals surface area (Å²) in [6, 6.07) is 44.8. The lowest BCUT2D eigenvalue weighted by Crippen LogP contribution is -2.76. The largest absolute Gasteiger partial charge is 0.458 e. The summed E-state index contributed by atoms with van der Waals surface area (Å²) in [5, 5.41) is 6.44. The van der Waals surface area contributed by atoms with E-state index in [0.717, 1.165) is 22.8 Å². The van der Waals surface area contributed by atoms with Crippen LogP contribution in [-0.4, -0.2) is 20.2 Å². The highest BCUT2D eigenvalue weighted by Crippen LogP contribution is 2.51. The fourth-order valence-electron chi connectivity index (χ4n) is 9.26. The molecule has 0 saturated carbocycles. The van der Waals surface area contributed by atoms with E-state index in [1.807, 2.05) is 0 Å². The van der Waals surface area contributed by atoms with Crippen LogP contribution in [0.5, 0.6) is 11.5 Å². The molecule has 232 valence electrons. The third-order valence-corrected chi connectivity index (χ3v) is 16.1. The Hall–Kier alpha value is -5.32. The maximum atomic E-state index is 6.69. The molecule has 0 radical (unpaired) electrons. The molecule has 0 saturated heterocycles. The van der Waals surface area contributed by atoms with Crippen molar-refractivity contribution in [3.63, 3.8) is 0 Å². The molecule has 3 nitrogen and oxygen atoms in total. The van der Waals surface area contributed by atoms with Crippen molar-refractivity contribution in [3.8, 4) is 11.5 Å². The number of furan rings is 1. The molecule has 3 unspecified atom stereocenters. The molecule has 2 aliphatic heterocycles. The lowest BCUT2D eigenvalue weighted by Gasteiger charge is -2.45. The van der Waals surface area contributed by atoms with Gasteiger partial charge in [-0.1, -0.05) is 141 Å². The molecule has 0 fully saturated rings. The number of allylic oxidation sites excluding steroid dienone is 2. The molecule has 3 atom stereocenters. The minimum Gasteiger partial charge on any atom is -0.458 e. The normalized spacial score (nSPS) is 22.0. The fraction of sp³-hybridized carbons (Fsp3) is 0.136. The van der Waals surface area contributed by atoms with Crippen LogP contribution in [0.3, 0.4) is 0 Å². The number of hydrogen-bond acceptors (Lipinski definition) is 3. The third-order valence-electron chi connectivity index (χ3n) is 11.3. The van der Waals surface area contributed by atoms with Crippen LogP contribution in [0.1, 0.15) is 36.7 Å². The molecular weight excluding hydrogens is 603 g/mol. The Morgan fingerprint density at radius 1 is 0.667 bits per heavy atom. The molecule has 2 aliphatic carbocycles. The van der Waals surface area contributed by atoms with Gasteiger partial charge in [0.2, 0.25) is 0 Å². The van der Waals surface area contributed by atoms with Crippen LogP contribution in [-0.2, 0) is 5.41 Å². The van der Waals surface area contributed by atoms with Crippen molar-refractivity contribution in [2.75, 3.05) is 4.90 Å². The van der Waals surface area contributed by atoms with Crippen molar-refractivity contribution in [1.82, 2.24) is 0 Å². The Morgan fingerprint density at radius 2 is 1.35 bits per heavy atom. The summed E-state index contributed by atoms with van der Waals surface area (Å²) in [5.74, 6) is 3.21. The van der Waals surface area contributed by atoms with Gasteiger partial charge in [0.05, 0.1) is 12.1 Å². The second-order valence-electron chi connectivity index (χ2n) is 14.0. The SMILES string of the molecule is CC1(C)c2c(oc3ccc([Si]4(c5ccccc5)c5ccccc5Oc5ccccc54)cc23)C=CC1N1c2ccccc2C2C=CC=CC21. The van der Waals surface area contributed by atoms with Gasteiger partial charge in [-0.15, -0.1) is 0 Å². The summed E-state index contributed by atoms with van der Waals surface area (Å²) in [4.78, 5) is 2.66. The van der Waals surface area contributed by atoms with Crippen LogP contribution < -0.4 is 30.4 Å². The Labute approximate surface area is 282 Å². The number of benzene rings is 5. The van der Waals surface area contributed by atoms with Crippen LogP contribution in [0, 0.1) is 0 Å². The molecular formula is C44H35NO2Si. The highest BCUT2D eigenvalue weighted by Gasteiger charge is 2.50. The topological polar surface area (TPSA) is 25.6 Å². The second kappa shape index (κ2) is 10.1. The lowest BCUT2D eigenvalue weighted by molar-refractivity contribution is 0.413. The number of hydrogen-bond donors (Lipinski definition) is 0. The first-order chi connectivity index (χ1) is 23.6. The van der Waals surface area contributed by atoms with Crippen molar-refractivity contribution in [3.05, 3.63) is 169 Å². The van der Waals surface area contributed by atoms with E-state index in [2.05, 4.69) is 177 Å².